The fourth-order valence-corrected chi connectivity index (χ4v) is 5.69. The number of ether oxygens (including phenoxy) is 1. The molecule has 0 spiro atoms. The van der Waals surface area contributed by atoms with Crippen molar-refractivity contribution in [2.45, 2.75) is 71.1 Å². The van der Waals surface area contributed by atoms with Gasteiger partial charge in [0.05, 0.1) is 12.5 Å². The zero-order valence-corrected chi connectivity index (χ0v) is 20.6. The maximum Gasteiger partial charge on any atom is 0.325 e. The minimum absolute atomic E-state index is 0.000274. The van der Waals surface area contributed by atoms with Crippen molar-refractivity contribution in [3.05, 3.63) is 29.8 Å². The van der Waals surface area contributed by atoms with Gasteiger partial charge in [-0.05, 0) is 61.3 Å². The minimum atomic E-state index is -0.379. The fraction of sp³-hybridized carbons (Fsp3) is 0.704. The van der Waals surface area contributed by atoms with Crippen LogP contribution in [0.25, 0.3) is 0 Å². The molecule has 3 unspecified atom stereocenters. The Morgan fingerprint density at radius 2 is 2.03 bits per heavy atom. The summed E-state index contributed by atoms with van der Waals surface area (Å²) in [6.45, 7) is 9.16. The highest BCUT2D eigenvalue weighted by Crippen LogP contribution is 2.40. The molecule has 1 saturated heterocycles. The van der Waals surface area contributed by atoms with Crippen molar-refractivity contribution in [3.63, 3.8) is 0 Å². The Morgan fingerprint density at radius 1 is 1.27 bits per heavy atom. The van der Waals surface area contributed by atoms with Crippen molar-refractivity contribution in [3.8, 4) is 5.75 Å². The number of rotatable bonds is 9. The number of carbonyl (C=O) groups excluding carboxylic acids is 2. The smallest absolute Gasteiger partial charge is 0.325 e. The highest BCUT2D eigenvalue weighted by molar-refractivity contribution is 5.83. The number of phenolic OH excluding ortho intramolecular Hbond substituents is 1. The summed E-state index contributed by atoms with van der Waals surface area (Å²) in [6, 6.07) is 7.64. The van der Waals surface area contributed by atoms with Gasteiger partial charge in [0.15, 0.2) is 0 Å². The lowest BCUT2D eigenvalue weighted by Gasteiger charge is -2.46. The van der Waals surface area contributed by atoms with Gasteiger partial charge >= 0.3 is 5.97 Å². The molecule has 0 radical (unpaired) electrons. The van der Waals surface area contributed by atoms with E-state index in [1.165, 1.54) is 37.7 Å². The summed E-state index contributed by atoms with van der Waals surface area (Å²) < 4.78 is 4.98. The van der Waals surface area contributed by atoms with Crippen LogP contribution in [0.2, 0.25) is 0 Å². The Hall–Kier alpha value is -2.08. The second kappa shape index (κ2) is 11.9. The van der Waals surface area contributed by atoms with Gasteiger partial charge in [0, 0.05) is 13.1 Å². The quantitative estimate of drug-likeness (QED) is 0.541. The lowest BCUT2D eigenvalue weighted by Crippen LogP contribution is -2.50. The summed E-state index contributed by atoms with van der Waals surface area (Å²) >= 11 is 0. The van der Waals surface area contributed by atoms with E-state index in [-0.39, 0.29) is 29.8 Å². The minimum Gasteiger partial charge on any atom is -0.508 e. The largest absolute Gasteiger partial charge is 0.508 e. The number of likely N-dealkylation sites (tertiary alicyclic amines) is 1. The molecule has 1 amide bonds. The average Bonchev–Trinajstić information content (AvgIpc) is 2.80. The van der Waals surface area contributed by atoms with E-state index in [0.717, 1.165) is 32.5 Å². The van der Waals surface area contributed by atoms with Crippen LogP contribution in [0.1, 0.15) is 71.3 Å². The van der Waals surface area contributed by atoms with E-state index >= 15 is 0 Å². The van der Waals surface area contributed by atoms with Gasteiger partial charge in [0.25, 0.3) is 0 Å². The number of hydrogen-bond acceptors (Lipinski definition) is 5. The third kappa shape index (κ3) is 6.95. The van der Waals surface area contributed by atoms with Crippen LogP contribution >= 0.6 is 0 Å². The summed E-state index contributed by atoms with van der Waals surface area (Å²) in [6.07, 6.45) is 8.09. The number of nitrogens with zero attached hydrogens (tertiary/aromatic N) is 1. The molecule has 1 aromatic carbocycles. The molecule has 1 saturated carbocycles. The van der Waals surface area contributed by atoms with Crippen molar-refractivity contribution in [2.75, 3.05) is 32.8 Å². The summed E-state index contributed by atoms with van der Waals surface area (Å²) in [5.41, 5.74) is 1.18. The number of aromatic hydroxyl groups is 1. The molecule has 3 atom stereocenters. The van der Waals surface area contributed by atoms with Gasteiger partial charge in [0.1, 0.15) is 12.3 Å². The number of amides is 1. The topological polar surface area (TPSA) is 78.9 Å². The third-order valence-electron chi connectivity index (χ3n) is 7.98. The maximum atomic E-state index is 13.1. The van der Waals surface area contributed by atoms with Gasteiger partial charge in [-0.15, -0.1) is 0 Å². The van der Waals surface area contributed by atoms with Gasteiger partial charge in [-0.2, -0.15) is 0 Å². The van der Waals surface area contributed by atoms with Crippen LogP contribution in [0, 0.1) is 17.8 Å². The monoisotopic (exact) mass is 458 g/mol. The van der Waals surface area contributed by atoms with Crippen LogP contribution in [-0.2, 0) is 19.7 Å². The molecule has 6 heteroatoms. The molecule has 0 aromatic heterocycles. The van der Waals surface area contributed by atoms with Crippen LogP contribution in [0.3, 0.4) is 0 Å². The summed E-state index contributed by atoms with van der Waals surface area (Å²) in [5, 5.41) is 12.8. The van der Waals surface area contributed by atoms with E-state index in [0.29, 0.717) is 24.2 Å². The van der Waals surface area contributed by atoms with Crippen molar-refractivity contribution in [1.29, 1.82) is 0 Å². The van der Waals surface area contributed by atoms with Gasteiger partial charge < -0.3 is 20.1 Å². The van der Waals surface area contributed by atoms with E-state index in [1.807, 2.05) is 12.1 Å². The second-order valence-corrected chi connectivity index (χ2v) is 10.3. The van der Waals surface area contributed by atoms with E-state index in [2.05, 4.69) is 30.1 Å². The van der Waals surface area contributed by atoms with E-state index in [9.17, 15) is 14.7 Å². The standard InChI is InChI=1S/C27H42N2O4/c1-4-33-25(31)17-28-26(32)22(15-21-9-6-5-7-10-21)19-29-14-13-27(3,20(2)18-29)23-11-8-12-24(30)16-23/h8,11-12,16,20-22,30H,4-7,9-10,13-15,17-19H2,1-3H3,(H,28,32). The summed E-state index contributed by atoms with van der Waals surface area (Å²) in [7, 11) is 0. The van der Waals surface area contributed by atoms with Gasteiger partial charge in [-0.25, -0.2) is 0 Å². The van der Waals surface area contributed by atoms with Gasteiger partial charge in [-0.1, -0.05) is 58.1 Å². The zero-order chi connectivity index (χ0) is 23.8. The van der Waals surface area contributed by atoms with Crippen LogP contribution < -0.4 is 5.32 Å². The number of hydrogen-bond donors (Lipinski definition) is 2. The molecule has 2 fully saturated rings. The highest BCUT2D eigenvalue weighted by Gasteiger charge is 2.39. The first-order valence-electron chi connectivity index (χ1n) is 12.8. The maximum absolute atomic E-state index is 13.1. The number of benzene rings is 1. The first kappa shape index (κ1) is 25.5. The normalized spacial score (nSPS) is 25.4. The second-order valence-electron chi connectivity index (χ2n) is 10.3. The third-order valence-corrected chi connectivity index (χ3v) is 7.98. The predicted octanol–water partition coefficient (Wildman–Crippen LogP) is 4.26. The Morgan fingerprint density at radius 3 is 2.70 bits per heavy atom. The van der Waals surface area contributed by atoms with Crippen molar-refractivity contribution in [1.82, 2.24) is 10.2 Å². The molecule has 2 N–H and O–H groups in total. The van der Waals surface area contributed by atoms with Gasteiger partial charge in [-0.3, -0.25) is 9.59 Å². The molecule has 1 aliphatic heterocycles. The molecule has 1 aliphatic carbocycles. The van der Waals surface area contributed by atoms with Crippen molar-refractivity contribution < 1.29 is 19.4 Å². The van der Waals surface area contributed by atoms with Crippen LogP contribution in [0.5, 0.6) is 5.75 Å². The molecule has 2 aliphatic rings. The Labute approximate surface area is 199 Å². The molecule has 6 nitrogen and oxygen atoms in total. The average molecular weight is 459 g/mol. The Balaban J connectivity index is 1.63. The molecule has 0 bridgehead atoms. The van der Waals surface area contributed by atoms with Crippen LogP contribution in [-0.4, -0.2) is 54.7 Å². The fourth-order valence-electron chi connectivity index (χ4n) is 5.69. The Kier molecular flexibility index (Phi) is 9.19. The van der Waals surface area contributed by atoms with Gasteiger partial charge in [0.2, 0.25) is 5.91 Å². The van der Waals surface area contributed by atoms with E-state index < -0.39 is 0 Å². The molecular weight excluding hydrogens is 416 g/mol. The highest BCUT2D eigenvalue weighted by atomic mass is 16.5. The van der Waals surface area contributed by atoms with Crippen molar-refractivity contribution >= 4 is 11.9 Å². The summed E-state index contributed by atoms with van der Waals surface area (Å²) in [5.74, 6) is 0.787. The SMILES string of the molecule is CCOC(=O)CNC(=O)C(CC1CCCCC1)CN1CCC(C)(c2cccc(O)c2)C(C)C1. The lowest BCUT2D eigenvalue weighted by atomic mass is 9.68. The first-order chi connectivity index (χ1) is 15.8. The van der Waals surface area contributed by atoms with Crippen molar-refractivity contribution in [2.24, 2.45) is 17.8 Å². The molecule has 184 valence electrons. The molecular formula is C27H42N2O4. The number of esters is 1. The van der Waals surface area contributed by atoms with Crippen LogP contribution in [0.4, 0.5) is 0 Å². The number of piperidine rings is 1. The zero-order valence-electron chi connectivity index (χ0n) is 20.6. The predicted molar refractivity (Wildman–Crippen MR) is 130 cm³/mol. The molecule has 1 aromatic rings. The molecule has 33 heavy (non-hydrogen) atoms. The number of nitrogens with one attached hydrogen (secondary N) is 1. The number of carbonyl (C=O) groups is 2. The lowest BCUT2D eigenvalue weighted by molar-refractivity contribution is -0.144. The first-order valence-corrected chi connectivity index (χ1v) is 12.8. The van der Waals surface area contributed by atoms with E-state index in [4.69, 9.17) is 4.74 Å². The number of phenols is 1. The van der Waals surface area contributed by atoms with Crippen LogP contribution in [0.15, 0.2) is 24.3 Å². The molecule has 3 rings (SSSR count). The molecule has 1 heterocycles. The van der Waals surface area contributed by atoms with E-state index in [1.54, 1.807) is 13.0 Å². The summed E-state index contributed by atoms with van der Waals surface area (Å²) in [4.78, 5) is 27.3. The Bertz CT molecular complexity index is 792.